The van der Waals surface area contributed by atoms with Gasteiger partial charge in [-0.2, -0.15) is 0 Å². The highest BCUT2D eigenvalue weighted by Crippen LogP contribution is 2.43. The van der Waals surface area contributed by atoms with E-state index in [2.05, 4.69) is 0 Å². The minimum atomic E-state index is -0.613. The smallest absolute Gasteiger partial charge is 0.177 e. The molecule has 0 fully saturated rings. The van der Waals surface area contributed by atoms with Gasteiger partial charge in [0.15, 0.2) is 17.3 Å². The van der Waals surface area contributed by atoms with Crippen LogP contribution >= 0.6 is 0 Å². The van der Waals surface area contributed by atoms with Crippen LogP contribution in [0, 0.1) is 0 Å². The Labute approximate surface area is 164 Å². The third kappa shape index (κ3) is 3.50. The molecule has 148 valence electrons. The summed E-state index contributed by atoms with van der Waals surface area (Å²) in [5, 5.41) is 20.2. The van der Waals surface area contributed by atoms with E-state index in [1.54, 1.807) is 12.1 Å². The molecule has 0 aromatic heterocycles. The monoisotopic (exact) mass is 384 g/mol. The van der Waals surface area contributed by atoms with Crippen molar-refractivity contribution in [3.8, 4) is 28.7 Å². The number of allylic oxidation sites excluding steroid dienone is 2. The fourth-order valence-corrected chi connectivity index (χ4v) is 3.32. The number of rotatable bonds is 5. The fraction of sp³-hybridized carbons (Fsp3) is 0.318. The Morgan fingerprint density at radius 2 is 1.86 bits per heavy atom. The molecule has 1 aliphatic heterocycles. The maximum Gasteiger partial charge on any atom is 0.177 e. The molecule has 3 rings (SSSR count). The third-order valence-corrected chi connectivity index (χ3v) is 4.83. The van der Waals surface area contributed by atoms with Crippen LogP contribution in [-0.4, -0.2) is 36.8 Å². The Bertz CT molecular complexity index is 941. The second-order valence-electron chi connectivity index (χ2n) is 6.92. The molecule has 0 bridgehead atoms. The van der Waals surface area contributed by atoms with Gasteiger partial charge in [-0.1, -0.05) is 11.6 Å². The van der Waals surface area contributed by atoms with E-state index in [0.717, 1.165) is 5.57 Å². The van der Waals surface area contributed by atoms with Crippen LogP contribution in [0.5, 0.6) is 28.7 Å². The molecule has 1 unspecified atom stereocenters. The first-order valence-electron chi connectivity index (χ1n) is 8.97. The van der Waals surface area contributed by atoms with Crippen molar-refractivity contribution >= 4 is 5.78 Å². The normalized spacial score (nSPS) is 15.4. The number of carbonyl (C=O) groups excluding carboxylic acids is 1. The highest BCUT2D eigenvalue weighted by atomic mass is 16.5. The van der Waals surface area contributed by atoms with E-state index in [1.165, 1.54) is 26.4 Å². The number of Topliss-reactive ketones (excluding diaryl/α,β-unsaturated/α-hetero) is 1. The standard InChI is InChI=1S/C22H24O6/c1-12(2)5-6-13-17(23)8-7-14-21(25)16(11-28-22(13)14)15-9-20(27-4)18(24)10-19(15)26-3/h5,7-10,16,23-24H,6,11H2,1-4H3. The number of hydrogen-bond acceptors (Lipinski definition) is 6. The summed E-state index contributed by atoms with van der Waals surface area (Å²) in [6, 6.07) is 6.12. The van der Waals surface area contributed by atoms with Gasteiger partial charge in [0.2, 0.25) is 0 Å². The first-order chi connectivity index (χ1) is 13.4. The van der Waals surface area contributed by atoms with E-state index in [0.29, 0.717) is 34.6 Å². The number of ketones is 1. The van der Waals surface area contributed by atoms with Crippen LogP contribution in [0.25, 0.3) is 0 Å². The molecule has 0 amide bonds. The topological polar surface area (TPSA) is 85.2 Å². The molecule has 1 heterocycles. The summed E-state index contributed by atoms with van der Waals surface area (Å²) in [6.45, 7) is 4.04. The maximum absolute atomic E-state index is 13.2. The SMILES string of the molecule is COc1cc(C2COc3c(ccc(O)c3CC=C(C)C)C2=O)c(OC)cc1O. The van der Waals surface area contributed by atoms with Gasteiger partial charge in [0.05, 0.1) is 25.7 Å². The van der Waals surface area contributed by atoms with Gasteiger partial charge in [0, 0.05) is 17.2 Å². The van der Waals surface area contributed by atoms with Crippen LogP contribution in [0.1, 0.15) is 41.3 Å². The van der Waals surface area contributed by atoms with Crippen LogP contribution in [0.4, 0.5) is 0 Å². The van der Waals surface area contributed by atoms with Crippen LogP contribution < -0.4 is 14.2 Å². The van der Waals surface area contributed by atoms with Gasteiger partial charge in [-0.3, -0.25) is 4.79 Å². The van der Waals surface area contributed by atoms with Gasteiger partial charge in [-0.05, 0) is 38.5 Å². The molecule has 6 heteroatoms. The van der Waals surface area contributed by atoms with E-state index in [-0.39, 0.29) is 29.6 Å². The Balaban J connectivity index is 2.05. The van der Waals surface area contributed by atoms with Crippen LogP contribution in [-0.2, 0) is 6.42 Å². The van der Waals surface area contributed by atoms with Crippen molar-refractivity contribution in [1.29, 1.82) is 0 Å². The quantitative estimate of drug-likeness (QED) is 0.759. The summed E-state index contributed by atoms with van der Waals surface area (Å²) in [5.74, 6) is 0.344. The predicted octanol–water partition coefficient (Wildman–Crippen LogP) is 3.98. The zero-order valence-corrected chi connectivity index (χ0v) is 16.4. The van der Waals surface area contributed by atoms with Crippen molar-refractivity contribution in [3.63, 3.8) is 0 Å². The molecule has 0 radical (unpaired) electrons. The van der Waals surface area contributed by atoms with Crippen molar-refractivity contribution in [1.82, 2.24) is 0 Å². The third-order valence-electron chi connectivity index (χ3n) is 4.83. The Kier molecular flexibility index (Phi) is 5.49. The lowest BCUT2D eigenvalue weighted by Crippen LogP contribution is -2.27. The molecule has 6 nitrogen and oxygen atoms in total. The van der Waals surface area contributed by atoms with E-state index in [9.17, 15) is 15.0 Å². The molecule has 0 saturated carbocycles. The van der Waals surface area contributed by atoms with Gasteiger partial charge in [0.25, 0.3) is 0 Å². The number of aromatic hydroxyl groups is 2. The van der Waals surface area contributed by atoms with Crippen LogP contribution in [0.2, 0.25) is 0 Å². The zero-order valence-electron chi connectivity index (χ0n) is 16.4. The number of carbonyl (C=O) groups is 1. The van der Waals surface area contributed by atoms with E-state index < -0.39 is 5.92 Å². The summed E-state index contributed by atoms with van der Waals surface area (Å²) in [7, 11) is 2.92. The molecule has 1 atom stereocenters. The van der Waals surface area contributed by atoms with Crippen molar-refractivity contribution in [3.05, 3.63) is 52.6 Å². The lowest BCUT2D eigenvalue weighted by Gasteiger charge is -2.27. The van der Waals surface area contributed by atoms with Gasteiger partial charge in [-0.25, -0.2) is 0 Å². The van der Waals surface area contributed by atoms with Crippen molar-refractivity contribution in [2.45, 2.75) is 26.2 Å². The number of phenolic OH excluding ortho intramolecular Hbond substituents is 2. The Morgan fingerprint density at radius 1 is 1.14 bits per heavy atom. The second-order valence-corrected chi connectivity index (χ2v) is 6.92. The largest absolute Gasteiger partial charge is 0.508 e. The van der Waals surface area contributed by atoms with E-state index in [4.69, 9.17) is 14.2 Å². The fourth-order valence-electron chi connectivity index (χ4n) is 3.32. The molecule has 2 N–H and O–H groups in total. The van der Waals surface area contributed by atoms with Gasteiger partial charge in [-0.15, -0.1) is 0 Å². The second kappa shape index (κ2) is 7.84. The number of phenols is 2. The number of methoxy groups -OCH3 is 2. The summed E-state index contributed by atoms with van der Waals surface area (Å²) in [4.78, 5) is 13.2. The van der Waals surface area contributed by atoms with Crippen molar-refractivity contribution in [2.24, 2.45) is 0 Å². The summed E-state index contributed by atoms with van der Waals surface area (Å²) < 4.78 is 16.5. The molecule has 0 saturated heterocycles. The average molecular weight is 384 g/mol. The number of ether oxygens (including phenoxy) is 3. The first-order valence-corrected chi connectivity index (χ1v) is 8.97. The van der Waals surface area contributed by atoms with Gasteiger partial charge >= 0.3 is 0 Å². The highest BCUT2D eigenvalue weighted by molar-refractivity contribution is 6.05. The van der Waals surface area contributed by atoms with Crippen LogP contribution in [0.15, 0.2) is 35.9 Å². The first kappa shape index (κ1) is 19.6. The number of fused-ring (bicyclic) bond motifs is 1. The molecular weight excluding hydrogens is 360 g/mol. The van der Waals surface area contributed by atoms with Crippen molar-refractivity contribution in [2.75, 3.05) is 20.8 Å². The van der Waals surface area contributed by atoms with Gasteiger partial charge in [0.1, 0.15) is 23.9 Å². The zero-order chi connectivity index (χ0) is 20.4. The lowest BCUT2D eigenvalue weighted by molar-refractivity contribution is 0.0892. The average Bonchev–Trinajstić information content (AvgIpc) is 2.67. The predicted molar refractivity (Wildman–Crippen MR) is 105 cm³/mol. The summed E-state index contributed by atoms with van der Waals surface area (Å²) in [5.41, 5.74) is 2.70. The maximum atomic E-state index is 13.2. The van der Waals surface area contributed by atoms with Crippen LogP contribution in [0.3, 0.4) is 0 Å². The number of benzene rings is 2. The Hall–Kier alpha value is -3.15. The number of hydrogen-bond donors (Lipinski definition) is 2. The molecule has 28 heavy (non-hydrogen) atoms. The molecular formula is C22H24O6. The van der Waals surface area contributed by atoms with Gasteiger partial charge < -0.3 is 24.4 Å². The Morgan fingerprint density at radius 3 is 2.50 bits per heavy atom. The highest BCUT2D eigenvalue weighted by Gasteiger charge is 2.34. The van der Waals surface area contributed by atoms with E-state index >= 15 is 0 Å². The van der Waals surface area contributed by atoms with Crippen molar-refractivity contribution < 1.29 is 29.2 Å². The molecule has 0 aliphatic carbocycles. The molecule has 2 aromatic rings. The summed E-state index contributed by atoms with van der Waals surface area (Å²) >= 11 is 0. The molecule has 0 spiro atoms. The lowest BCUT2D eigenvalue weighted by atomic mass is 9.86. The molecule has 2 aromatic carbocycles. The molecule has 1 aliphatic rings. The minimum Gasteiger partial charge on any atom is -0.508 e. The summed E-state index contributed by atoms with van der Waals surface area (Å²) in [6.07, 6.45) is 2.45. The minimum absolute atomic E-state index is 0.0680. The van der Waals surface area contributed by atoms with E-state index in [1.807, 2.05) is 19.9 Å².